The summed E-state index contributed by atoms with van der Waals surface area (Å²) in [6.45, 7) is 3.36. The van der Waals surface area contributed by atoms with Crippen molar-refractivity contribution in [1.29, 1.82) is 0 Å². The Labute approximate surface area is 166 Å². The SMILES string of the molecule is COc1ccc(CCC(=O)N2CCc3nnc([C@@H]4CCCN4C)n3CC2)cc1. The topological polar surface area (TPSA) is 63.5 Å². The van der Waals surface area contributed by atoms with Gasteiger partial charge in [0.15, 0.2) is 0 Å². The summed E-state index contributed by atoms with van der Waals surface area (Å²) >= 11 is 0. The molecule has 28 heavy (non-hydrogen) atoms. The predicted octanol–water partition coefficient (Wildman–Crippen LogP) is 2.07. The second-order valence-electron chi connectivity index (χ2n) is 7.74. The van der Waals surface area contributed by atoms with Crippen molar-refractivity contribution in [3.63, 3.8) is 0 Å². The van der Waals surface area contributed by atoms with E-state index in [0.29, 0.717) is 12.5 Å². The van der Waals surface area contributed by atoms with E-state index in [4.69, 9.17) is 4.74 Å². The number of ether oxygens (including phenoxy) is 1. The number of hydrogen-bond acceptors (Lipinski definition) is 5. The van der Waals surface area contributed by atoms with Gasteiger partial charge in [-0.15, -0.1) is 10.2 Å². The van der Waals surface area contributed by atoms with Crippen LogP contribution in [0, 0.1) is 0 Å². The van der Waals surface area contributed by atoms with Gasteiger partial charge in [-0.25, -0.2) is 0 Å². The number of hydrogen-bond donors (Lipinski definition) is 0. The van der Waals surface area contributed by atoms with E-state index in [2.05, 4.69) is 26.7 Å². The molecule has 1 fully saturated rings. The van der Waals surface area contributed by atoms with E-state index in [9.17, 15) is 4.79 Å². The lowest BCUT2D eigenvalue weighted by Crippen LogP contribution is -2.34. The molecule has 1 amide bonds. The molecule has 0 saturated carbocycles. The number of fused-ring (bicyclic) bond motifs is 1. The molecular formula is C21H29N5O2. The fourth-order valence-electron chi connectivity index (χ4n) is 4.28. The van der Waals surface area contributed by atoms with Gasteiger partial charge in [-0.1, -0.05) is 12.1 Å². The molecule has 1 saturated heterocycles. The van der Waals surface area contributed by atoms with E-state index in [0.717, 1.165) is 68.4 Å². The number of amides is 1. The van der Waals surface area contributed by atoms with E-state index < -0.39 is 0 Å². The molecule has 2 aliphatic rings. The summed E-state index contributed by atoms with van der Waals surface area (Å²) in [7, 11) is 3.82. The molecule has 1 aromatic heterocycles. The minimum atomic E-state index is 0.217. The van der Waals surface area contributed by atoms with Gasteiger partial charge >= 0.3 is 0 Å². The molecule has 0 radical (unpaired) electrons. The number of likely N-dealkylation sites (tertiary alicyclic amines) is 1. The van der Waals surface area contributed by atoms with Crippen LogP contribution >= 0.6 is 0 Å². The first kappa shape index (κ1) is 18.9. The van der Waals surface area contributed by atoms with Crippen LogP contribution in [0.3, 0.4) is 0 Å². The Morgan fingerprint density at radius 3 is 2.68 bits per heavy atom. The standard InChI is InChI=1S/C21H29N5O2/c1-24-12-3-4-18(24)21-23-22-19-11-13-25(14-15-26(19)21)20(27)10-7-16-5-8-17(28-2)9-6-16/h5-6,8-9,18H,3-4,7,10-15H2,1-2H3/t18-/m0/s1. The van der Waals surface area contributed by atoms with Crippen molar-refractivity contribution >= 4 is 5.91 Å². The zero-order valence-corrected chi connectivity index (χ0v) is 16.8. The third-order valence-corrected chi connectivity index (χ3v) is 6.01. The van der Waals surface area contributed by atoms with Crippen molar-refractivity contribution in [1.82, 2.24) is 24.6 Å². The molecule has 0 unspecified atom stereocenters. The summed E-state index contributed by atoms with van der Waals surface area (Å²) in [5.41, 5.74) is 1.16. The molecule has 2 aliphatic heterocycles. The van der Waals surface area contributed by atoms with Crippen LogP contribution in [0.1, 0.15) is 42.5 Å². The summed E-state index contributed by atoms with van der Waals surface area (Å²) in [5, 5.41) is 8.93. The Hall–Kier alpha value is -2.41. The van der Waals surface area contributed by atoms with E-state index in [1.807, 2.05) is 29.2 Å². The molecule has 0 N–H and O–H groups in total. The molecule has 0 spiro atoms. The molecule has 2 aromatic rings. The summed E-state index contributed by atoms with van der Waals surface area (Å²) in [6.07, 6.45) is 4.41. The van der Waals surface area contributed by atoms with Crippen molar-refractivity contribution in [2.75, 3.05) is 33.8 Å². The summed E-state index contributed by atoms with van der Waals surface area (Å²) in [5.74, 6) is 3.15. The highest BCUT2D eigenvalue weighted by molar-refractivity contribution is 5.76. The van der Waals surface area contributed by atoms with Crippen molar-refractivity contribution in [2.45, 2.75) is 44.7 Å². The second kappa shape index (κ2) is 8.31. The molecule has 4 rings (SSSR count). The van der Waals surface area contributed by atoms with Gasteiger partial charge in [-0.3, -0.25) is 9.69 Å². The Morgan fingerprint density at radius 2 is 1.96 bits per heavy atom. The number of nitrogens with zero attached hydrogens (tertiary/aromatic N) is 5. The molecule has 7 heteroatoms. The molecule has 0 aliphatic carbocycles. The van der Waals surface area contributed by atoms with Crippen molar-refractivity contribution < 1.29 is 9.53 Å². The van der Waals surface area contributed by atoms with Crippen LogP contribution in [0.5, 0.6) is 5.75 Å². The van der Waals surface area contributed by atoms with Gasteiger partial charge in [0.1, 0.15) is 17.4 Å². The second-order valence-corrected chi connectivity index (χ2v) is 7.74. The largest absolute Gasteiger partial charge is 0.497 e. The number of carbonyl (C=O) groups is 1. The van der Waals surface area contributed by atoms with Crippen LogP contribution in [-0.2, 0) is 24.2 Å². The number of methoxy groups -OCH3 is 1. The van der Waals surface area contributed by atoms with Gasteiger partial charge in [0.05, 0.1) is 13.2 Å². The first-order valence-electron chi connectivity index (χ1n) is 10.2. The zero-order valence-electron chi connectivity index (χ0n) is 16.8. The van der Waals surface area contributed by atoms with Crippen LogP contribution in [0.25, 0.3) is 0 Å². The lowest BCUT2D eigenvalue weighted by atomic mass is 10.1. The summed E-state index contributed by atoms with van der Waals surface area (Å²) in [6, 6.07) is 8.30. The minimum absolute atomic E-state index is 0.217. The summed E-state index contributed by atoms with van der Waals surface area (Å²) < 4.78 is 7.44. The fraction of sp³-hybridized carbons (Fsp3) is 0.571. The molecule has 1 aromatic carbocycles. The van der Waals surface area contributed by atoms with Gasteiger partial charge < -0.3 is 14.2 Å². The normalized spacial score (nSPS) is 20.1. The van der Waals surface area contributed by atoms with Crippen LogP contribution in [0.2, 0.25) is 0 Å². The third kappa shape index (κ3) is 3.90. The molecule has 1 atom stereocenters. The van der Waals surface area contributed by atoms with E-state index >= 15 is 0 Å². The van der Waals surface area contributed by atoms with Crippen molar-refractivity contribution in [2.24, 2.45) is 0 Å². The van der Waals surface area contributed by atoms with Crippen LogP contribution in [0.15, 0.2) is 24.3 Å². The molecule has 3 heterocycles. The average Bonchev–Trinajstić information content (AvgIpc) is 3.25. The highest BCUT2D eigenvalue weighted by Crippen LogP contribution is 2.30. The first-order chi connectivity index (χ1) is 13.7. The molecule has 0 bridgehead atoms. The zero-order chi connectivity index (χ0) is 19.5. The Balaban J connectivity index is 1.35. The highest BCUT2D eigenvalue weighted by Gasteiger charge is 2.30. The lowest BCUT2D eigenvalue weighted by Gasteiger charge is -2.22. The average molecular weight is 383 g/mol. The van der Waals surface area contributed by atoms with E-state index in [1.54, 1.807) is 7.11 Å². The maximum Gasteiger partial charge on any atom is 0.222 e. The third-order valence-electron chi connectivity index (χ3n) is 6.01. The number of aryl methyl sites for hydroxylation is 1. The van der Waals surface area contributed by atoms with Gasteiger partial charge in [0, 0.05) is 32.5 Å². The molecular weight excluding hydrogens is 354 g/mol. The van der Waals surface area contributed by atoms with Gasteiger partial charge in [-0.05, 0) is 50.6 Å². The maximum absolute atomic E-state index is 12.8. The Bertz CT molecular complexity index is 817. The number of carbonyl (C=O) groups excluding carboxylic acids is 1. The molecule has 150 valence electrons. The highest BCUT2D eigenvalue weighted by atomic mass is 16.5. The number of benzene rings is 1. The number of rotatable bonds is 5. The van der Waals surface area contributed by atoms with Gasteiger partial charge in [-0.2, -0.15) is 0 Å². The first-order valence-corrected chi connectivity index (χ1v) is 10.2. The fourth-order valence-corrected chi connectivity index (χ4v) is 4.28. The smallest absolute Gasteiger partial charge is 0.222 e. The quantitative estimate of drug-likeness (QED) is 0.791. The Kier molecular flexibility index (Phi) is 5.62. The molecule has 7 nitrogen and oxygen atoms in total. The Morgan fingerprint density at radius 1 is 1.14 bits per heavy atom. The van der Waals surface area contributed by atoms with E-state index in [1.165, 1.54) is 6.42 Å². The monoisotopic (exact) mass is 383 g/mol. The maximum atomic E-state index is 12.8. The summed E-state index contributed by atoms with van der Waals surface area (Å²) in [4.78, 5) is 17.1. The lowest BCUT2D eigenvalue weighted by molar-refractivity contribution is -0.131. The van der Waals surface area contributed by atoms with Crippen molar-refractivity contribution in [3.8, 4) is 5.75 Å². The van der Waals surface area contributed by atoms with Gasteiger partial charge in [0.25, 0.3) is 0 Å². The predicted molar refractivity (Wildman–Crippen MR) is 106 cm³/mol. The number of aromatic nitrogens is 3. The minimum Gasteiger partial charge on any atom is -0.497 e. The van der Waals surface area contributed by atoms with Crippen LogP contribution < -0.4 is 4.74 Å². The van der Waals surface area contributed by atoms with Crippen LogP contribution in [-0.4, -0.2) is 64.3 Å². The van der Waals surface area contributed by atoms with E-state index in [-0.39, 0.29) is 5.91 Å². The van der Waals surface area contributed by atoms with Gasteiger partial charge in [0.2, 0.25) is 5.91 Å². The van der Waals surface area contributed by atoms with Crippen LogP contribution in [0.4, 0.5) is 0 Å². The van der Waals surface area contributed by atoms with Crippen molar-refractivity contribution in [3.05, 3.63) is 41.5 Å².